The third-order valence-corrected chi connectivity index (χ3v) is 2.71. The maximum atomic E-state index is 11.5. The molecule has 1 aliphatic rings. The van der Waals surface area contributed by atoms with Crippen LogP contribution in [0.3, 0.4) is 0 Å². The Balaban J connectivity index is 2.72. The van der Waals surface area contributed by atoms with Gasteiger partial charge in [-0.2, -0.15) is 5.26 Å². The summed E-state index contributed by atoms with van der Waals surface area (Å²) in [6, 6.07) is 1.87. The van der Waals surface area contributed by atoms with E-state index in [-0.39, 0.29) is 18.0 Å². The van der Waals surface area contributed by atoms with E-state index in [1.807, 2.05) is 6.07 Å². The number of Topliss-reactive ketones (excluding diaryl/α,β-unsaturated/α-hetero) is 1. The van der Waals surface area contributed by atoms with E-state index in [2.05, 4.69) is 15.9 Å². The van der Waals surface area contributed by atoms with Crippen molar-refractivity contribution in [2.45, 2.75) is 25.7 Å². The quantitative estimate of drug-likeness (QED) is 0.344. The molecule has 0 aliphatic heterocycles. The first-order valence-corrected chi connectivity index (χ1v) is 6.18. The number of allylic oxidation sites excluding steroid dienone is 1. The Morgan fingerprint density at radius 2 is 2.00 bits per heavy atom. The minimum atomic E-state index is -0.578. The van der Waals surface area contributed by atoms with Gasteiger partial charge in [-0.15, -0.1) is 0 Å². The van der Waals surface area contributed by atoms with Crippen LogP contribution >= 0.6 is 15.9 Å². The fourth-order valence-electron chi connectivity index (χ4n) is 1.55. The summed E-state index contributed by atoms with van der Waals surface area (Å²) in [6.07, 6.45) is 1.86. The molecule has 0 spiro atoms. The Morgan fingerprint density at radius 3 is 2.50 bits per heavy atom. The van der Waals surface area contributed by atoms with E-state index in [4.69, 9.17) is 10.00 Å². The van der Waals surface area contributed by atoms with Crippen LogP contribution in [0.5, 0.6) is 0 Å². The monoisotopic (exact) mass is 285 g/mol. The van der Waals surface area contributed by atoms with E-state index < -0.39 is 5.97 Å². The fraction of sp³-hybridized carbons (Fsp3) is 0.545. The van der Waals surface area contributed by atoms with Gasteiger partial charge in [-0.3, -0.25) is 4.79 Å². The maximum absolute atomic E-state index is 11.5. The van der Waals surface area contributed by atoms with Crippen LogP contribution in [-0.4, -0.2) is 23.7 Å². The molecule has 0 radical (unpaired) electrons. The number of carbonyl (C=O) groups excluding carboxylic acids is 2. The van der Waals surface area contributed by atoms with Crippen molar-refractivity contribution in [1.82, 2.24) is 0 Å². The Morgan fingerprint density at radius 1 is 1.38 bits per heavy atom. The number of halogens is 1. The van der Waals surface area contributed by atoms with E-state index in [1.54, 1.807) is 0 Å². The highest BCUT2D eigenvalue weighted by molar-refractivity contribution is 9.09. The zero-order chi connectivity index (χ0) is 12.0. The minimum absolute atomic E-state index is 0.0773. The number of hydrogen-bond acceptors (Lipinski definition) is 4. The number of rotatable bonds is 3. The average Bonchev–Trinajstić information content (AvgIpc) is 2.30. The van der Waals surface area contributed by atoms with Crippen molar-refractivity contribution in [2.24, 2.45) is 0 Å². The van der Waals surface area contributed by atoms with Crippen LogP contribution in [0, 0.1) is 11.3 Å². The van der Waals surface area contributed by atoms with Crippen LogP contribution in [0.25, 0.3) is 0 Å². The maximum Gasteiger partial charge on any atom is 0.348 e. The Labute approximate surface area is 102 Å². The lowest BCUT2D eigenvalue weighted by Crippen LogP contribution is -2.14. The van der Waals surface area contributed by atoms with Crippen LogP contribution in [0.2, 0.25) is 0 Å². The summed E-state index contributed by atoms with van der Waals surface area (Å²) >= 11 is 3.13. The Bertz CT molecular complexity index is 356. The smallest absolute Gasteiger partial charge is 0.348 e. The molecule has 1 rings (SSSR count). The first-order chi connectivity index (χ1) is 7.69. The zero-order valence-corrected chi connectivity index (χ0v) is 10.4. The molecule has 0 aromatic carbocycles. The first kappa shape index (κ1) is 12.9. The van der Waals surface area contributed by atoms with Crippen molar-refractivity contribution >= 4 is 27.7 Å². The number of hydrogen-bond donors (Lipinski definition) is 0. The molecule has 0 bridgehead atoms. The molecule has 0 N–H and O–H groups in total. The molecule has 1 fully saturated rings. The molecule has 0 unspecified atom stereocenters. The molecule has 1 saturated carbocycles. The Hall–Kier alpha value is -1.15. The normalized spacial score (nSPS) is 15.5. The van der Waals surface area contributed by atoms with Crippen molar-refractivity contribution in [1.29, 1.82) is 5.26 Å². The van der Waals surface area contributed by atoms with Crippen LogP contribution in [-0.2, 0) is 14.3 Å². The largest absolute Gasteiger partial charge is 0.461 e. The van der Waals surface area contributed by atoms with Crippen LogP contribution < -0.4 is 0 Å². The summed E-state index contributed by atoms with van der Waals surface area (Å²) in [6.45, 7) is 0.246. The summed E-state index contributed by atoms with van der Waals surface area (Å²) in [7, 11) is 0. The summed E-state index contributed by atoms with van der Waals surface area (Å²) in [5, 5.41) is 9.46. The number of carbonyl (C=O) groups is 2. The molecule has 5 heteroatoms. The van der Waals surface area contributed by atoms with Crippen LogP contribution in [0.4, 0.5) is 0 Å². The second-order valence-electron chi connectivity index (χ2n) is 3.45. The average molecular weight is 286 g/mol. The standard InChI is InChI=1S/C11H12BrNO3/c12-5-6-16-11(15)10(7-13)8-1-3-9(14)4-2-8/h1-6H2. The van der Waals surface area contributed by atoms with E-state index in [0.717, 1.165) is 5.57 Å². The molecule has 0 atom stereocenters. The molecule has 0 aromatic rings. The van der Waals surface area contributed by atoms with E-state index in [9.17, 15) is 9.59 Å². The summed E-state index contributed by atoms with van der Waals surface area (Å²) in [5.41, 5.74) is 0.829. The molecule has 0 aromatic heterocycles. The molecule has 0 saturated heterocycles. The summed E-state index contributed by atoms with van der Waals surface area (Å²) in [5.74, 6) is -0.388. The molecular weight excluding hydrogens is 274 g/mol. The topological polar surface area (TPSA) is 67.2 Å². The van der Waals surface area contributed by atoms with Crippen LogP contribution in [0.1, 0.15) is 25.7 Å². The number of esters is 1. The van der Waals surface area contributed by atoms with Crippen molar-refractivity contribution < 1.29 is 14.3 Å². The highest BCUT2D eigenvalue weighted by Gasteiger charge is 2.21. The number of nitriles is 1. The van der Waals surface area contributed by atoms with E-state index in [1.165, 1.54) is 0 Å². The predicted octanol–water partition coefficient (Wildman–Crippen LogP) is 1.89. The van der Waals surface area contributed by atoms with Crippen molar-refractivity contribution in [3.63, 3.8) is 0 Å². The van der Waals surface area contributed by atoms with Gasteiger partial charge in [0.2, 0.25) is 0 Å². The van der Waals surface area contributed by atoms with Gasteiger partial charge in [-0.05, 0) is 18.4 Å². The predicted molar refractivity (Wildman–Crippen MR) is 60.9 cm³/mol. The molecule has 1 aliphatic carbocycles. The lowest BCUT2D eigenvalue weighted by Gasteiger charge is -2.14. The second kappa shape index (κ2) is 6.44. The minimum Gasteiger partial charge on any atom is -0.461 e. The van der Waals surface area contributed by atoms with Gasteiger partial charge in [0.05, 0.1) is 0 Å². The van der Waals surface area contributed by atoms with Gasteiger partial charge >= 0.3 is 5.97 Å². The molecular formula is C11H12BrNO3. The van der Waals surface area contributed by atoms with Gasteiger partial charge in [0, 0.05) is 18.2 Å². The lowest BCUT2D eigenvalue weighted by atomic mass is 9.90. The van der Waals surface area contributed by atoms with Crippen molar-refractivity contribution in [3.05, 3.63) is 11.1 Å². The van der Waals surface area contributed by atoms with Crippen molar-refractivity contribution in [3.8, 4) is 6.07 Å². The second-order valence-corrected chi connectivity index (χ2v) is 4.25. The number of nitrogens with zero attached hydrogens (tertiary/aromatic N) is 1. The van der Waals surface area contributed by atoms with E-state index >= 15 is 0 Å². The summed E-state index contributed by atoms with van der Waals surface area (Å²) < 4.78 is 4.87. The van der Waals surface area contributed by atoms with Crippen LogP contribution in [0.15, 0.2) is 11.1 Å². The van der Waals surface area contributed by atoms with Gasteiger partial charge in [-0.1, -0.05) is 15.9 Å². The lowest BCUT2D eigenvalue weighted by molar-refractivity contribution is -0.138. The molecule has 0 heterocycles. The number of ketones is 1. The molecule has 86 valence electrons. The molecule has 0 amide bonds. The van der Waals surface area contributed by atoms with Gasteiger partial charge in [0.25, 0.3) is 0 Å². The zero-order valence-electron chi connectivity index (χ0n) is 8.79. The van der Waals surface area contributed by atoms with Crippen molar-refractivity contribution in [2.75, 3.05) is 11.9 Å². The van der Waals surface area contributed by atoms with E-state index in [0.29, 0.717) is 31.0 Å². The fourth-order valence-corrected chi connectivity index (χ4v) is 1.71. The van der Waals surface area contributed by atoms with Gasteiger partial charge in [0.15, 0.2) is 0 Å². The highest BCUT2D eigenvalue weighted by atomic mass is 79.9. The number of alkyl halides is 1. The molecule has 4 nitrogen and oxygen atoms in total. The first-order valence-electron chi connectivity index (χ1n) is 5.06. The van der Waals surface area contributed by atoms with Gasteiger partial charge in [-0.25, -0.2) is 4.79 Å². The highest BCUT2D eigenvalue weighted by Crippen LogP contribution is 2.24. The summed E-state index contributed by atoms with van der Waals surface area (Å²) in [4.78, 5) is 22.5. The van der Waals surface area contributed by atoms with Gasteiger partial charge in [0.1, 0.15) is 24.0 Å². The third kappa shape index (κ3) is 3.46. The Kier molecular flexibility index (Phi) is 5.20. The SMILES string of the molecule is N#CC(C(=O)OCCBr)=C1CCC(=O)CC1. The third-order valence-electron chi connectivity index (χ3n) is 2.39. The molecule has 16 heavy (non-hydrogen) atoms. The number of ether oxygens (including phenoxy) is 1. The van der Waals surface area contributed by atoms with Gasteiger partial charge < -0.3 is 4.74 Å².